The molecule has 1 aliphatic rings. The van der Waals surface area contributed by atoms with Crippen molar-refractivity contribution < 1.29 is 14.3 Å². The third kappa shape index (κ3) is 2.48. The lowest BCUT2D eigenvalue weighted by molar-refractivity contribution is -0.159. The molecule has 20 heavy (non-hydrogen) atoms. The first-order valence-electron chi connectivity index (χ1n) is 6.65. The largest absolute Gasteiger partial charge is 0.497 e. The fourth-order valence-corrected chi connectivity index (χ4v) is 2.40. The Morgan fingerprint density at radius 3 is 2.50 bits per heavy atom. The van der Waals surface area contributed by atoms with Gasteiger partial charge in [0.15, 0.2) is 0 Å². The minimum absolute atomic E-state index is 0.0255. The van der Waals surface area contributed by atoms with Gasteiger partial charge in [0, 0.05) is 13.6 Å². The van der Waals surface area contributed by atoms with Crippen molar-refractivity contribution in [2.45, 2.75) is 32.5 Å². The Bertz CT molecular complexity index is 530. The van der Waals surface area contributed by atoms with Crippen LogP contribution in [0.2, 0.25) is 0 Å². The summed E-state index contributed by atoms with van der Waals surface area (Å²) < 4.78 is 5.18. The van der Waals surface area contributed by atoms with E-state index in [1.54, 1.807) is 32.9 Å². The molecule has 0 spiro atoms. The van der Waals surface area contributed by atoms with Gasteiger partial charge in [0.2, 0.25) is 11.8 Å². The van der Waals surface area contributed by atoms with Gasteiger partial charge in [-0.3, -0.25) is 9.59 Å². The molecule has 0 bridgehead atoms. The topological polar surface area (TPSA) is 49.9 Å². The second-order valence-electron chi connectivity index (χ2n) is 5.12. The zero-order chi connectivity index (χ0) is 14.9. The Morgan fingerprint density at radius 1 is 1.15 bits per heavy atom. The molecule has 0 radical (unpaired) electrons. The number of likely N-dealkylation sites (N-methyl/N-ethyl adjacent to an activating group) is 1. The highest BCUT2D eigenvalue weighted by Gasteiger charge is 2.39. The van der Waals surface area contributed by atoms with E-state index in [-0.39, 0.29) is 11.8 Å². The van der Waals surface area contributed by atoms with Gasteiger partial charge in [0.25, 0.3) is 0 Å². The second-order valence-corrected chi connectivity index (χ2v) is 5.12. The van der Waals surface area contributed by atoms with Crippen LogP contribution < -0.4 is 4.74 Å². The minimum atomic E-state index is -0.435. The van der Waals surface area contributed by atoms with Crippen LogP contribution in [-0.4, -0.2) is 47.9 Å². The Hall–Kier alpha value is -2.04. The molecule has 0 N–H and O–H groups in total. The molecule has 0 aromatic heterocycles. The lowest BCUT2D eigenvalue weighted by Gasteiger charge is -2.41. The van der Waals surface area contributed by atoms with Crippen LogP contribution >= 0.6 is 0 Å². The standard InChI is InChI=1S/C15H20N2O3/c1-10-15(19)17(11(2)14(18)16(10)3)9-12-6-5-7-13(8-12)20-4/h5-8,10-11H,9H2,1-4H3/t10-,11-/m0/s1. The molecule has 108 valence electrons. The molecular formula is C15H20N2O3. The van der Waals surface area contributed by atoms with Gasteiger partial charge < -0.3 is 14.5 Å². The normalized spacial score (nSPS) is 23.2. The van der Waals surface area contributed by atoms with Crippen molar-refractivity contribution in [2.75, 3.05) is 14.2 Å². The summed E-state index contributed by atoms with van der Waals surface area (Å²) in [7, 11) is 3.28. The summed E-state index contributed by atoms with van der Waals surface area (Å²) in [4.78, 5) is 27.6. The Labute approximate surface area is 119 Å². The third-order valence-electron chi connectivity index (χ3n) is 3.88. The molecule has 0 aliphatic carbocycles. The molecule has 5 heteroatoms. The van der Waals surface area contributed by atoms with Crippen LogP contribution in [0.25, 0.3) is 0 Å². The lowest BCUT2D eigenvalue weighted by atomic mass is 10.1. The first-order valence-corrected chi connectivity index (χ1v) is 6.65. The van der Waals surface area contributed by atoms with Crippen molar-refractivity contribution in [3.05, 3.63) is 29.8 Å². The van der Waals surface area contributed by atoms with Crippen molar-refractivity contribution in [1.82, 2.24) is 9.80 Å². The maximum Gasteiger partial charge on any atom is 0.246 e. The Morgan fingerprint density at radius 2 is 1.85 bits per heavy atom. The van der Waals surface area contributed by atoms with Gasteiger partial charge in [-0.1, -0.05) is 12.1 Å². The number of rotatable bonds is 3. The van der Waals surface area contributed by atoms with Crippen LogP contribution in [0.5, 0.6) is 5.75 Å². The smallest absolute Gasteiger partial charge is 0.246 e. The van der Waals surface area contributed by atoms with Crippen LogP contribution in [0.1, 0.15) is 19.4 Å². The molecule has 2 atom stereocenters. The molecule has 1 saturated heterocycles. The van der Waals surface area contributed by atoms with Crippen LogP contribution in [-0.2, 0) is 16.1 Å². The molecule has 1 aromatic rings. The molecule has 1 fully saturated rings. The molecule has 0 saturated carbocycles. The SMILES string of the molecule is COc1cccc(CN2C(=O)[C@H](C)N(C)C(=O)[C@@H]2C)c1. The summed E-state index contributed by atoms with van der Waals surface area (Å²) in [6, 6.07) is 6.69. The van der Waals surface area contributed by atoms with E-state index in [1.165, 1.54) is 4.90 Å². The Kier molecular flexibility index (Phi) is 3.97. The van der Waals surface area contributed by atoms with Gasteiger partial charge in [0.1, 0.15) is 17.8 Å². The van der Waals surface area contributed by atoms with Crippen molar-refractivity contribution >= 4 is 11.8 Å². The molecule has 0 unspecified atom stereocenters. The van der Waals surface area contributed by atoms with Crippen LogP contribution in [0.15, 0.2) is 24.3 Å². The molecule has 1 aliphatic heterocycles. The second kappa shape index (κ2) is 5.53. The molecular weight excluding hydrogens is 256 g/mol. The highest BCUT2D eigenvalue weighted by Crippen LogP contribution is 2.21. The van der Waals surface area contributed by atoms with E-state index in [0.717, 1.165) is 11.3 Å². The summed E-state index contributed by atoms with van der Waals surface area (Å²) in [6.07, 6.45) is 0. The number of ether oxygens (including phenoxy) is 1. The maximum atomic E-state index is 12.4. The average Bonchev–Trinajstić information content (AvgIpc) is 2.48. The third-order valence-corrected chi connectivity index (χ3v) is 3.88. The van der Waals surface area contributed by atoms with E-state index < -0.39 is 12.1 Å². The van der Waals surface area contributed by atoms with E-state index >= 15 is 0 Å². The lowest BCUT2D eigenvalue weighted by Crippen LogP contribution is -2.61. The predicted molar refractivity (Wildman–Crippen MR) is 75.2 cm³/mol. The number of hydrogen-bond donors (Lipinski definition) is 0. The highest BCUT2D eigenvalue weighted by atomic mass is 16.5. The molecule has 2 amide bonds. The van der Waals surface area contributed by atoms with Crippen molar-refractivity contribution in [3.63, 3.8) is 0 Å². The van der Waals surface area contributed by atoms with Gasteiger partial charge in [-0.2, -0.15) is 0 Å². The summed E-state index contributed by atoms with van der Waals surface area (Å²) in [5, 5.41) is 0. The van der Waals surface area contributed by atoms with Gasteiger partial charge in [0.05, 0.1) is 7.11 Å². The van der Waals surface area contributed by atoms with Crippen LogP contribution in [0.4, 0.5) is 0 Å². The van der Waals surface area contributed by atoms with Crippen LogP contribution in [0, 0.1) is 0 Å². The fraction of sp³-hybridized carbons (Fsp3) is 0.467. The quantitative estimate of drug-likeness (QED) is 0.835. The first kappa shape index (κ1) is 14.4. The van der Waals surface area contributed by atoms with E-state index in [4.69, 9.17) is 4.74 Å². The summed E-state index contributed by atoms with van der Waals surface area (Å²) >= 11 is 0. The number of methoxy groups -OCH3 is 1. The predicted octanol–water partition coefficient (Wildman–Crippen LogP) is 1.27. The molecule has 1 heterocycles. The minimum Gasteiger partial charge on any atom is -0.497 e. The number of carbonyl (C=O) groups is 2. The summed E-state index contributed by atoms with van der Waals surface area (Å²) in [5.74, 6) is 0.693. The zero-order valence-electron chi connectivity index (χ0n) is 12.3. The number of benzene rings is 1. The van der Waals surface area contributed by atoms with Crippen LogP contribution in [0.3, 0.4) is 0 Å². The van der Waals surface area contributed by atoms with Crippen molar-refractivity contribution in [2.24, 2.45) is 0 Å². The molecule has 1 aromatic carbocycles. The van der Waals surface area contributed by atoms with Gasteiger partial charge >= 0.3 is 0 Å². The van der Waals surface area contributed by atoms with Gasteiger partial charge in [-0.25, -0.2) is 0 Å². The number of hydrogen-bond acceptors (Lipinski definition) is 3. The maximum absolute atomic E-state index is 12.4. The number of amides is 2. The fourth-order valence-electron chi connectivity index (χ4n) is 2.40. The average molecular weight is 276 g/mol. The van der Waals surface area contributed by atoms with Gasteiger partial charge in [-0.15, -0.1) is 0 Å². The van der Waals surface area contributed by atoms with Crippen molar-refractivity contribution in [3.8, 4) is 5.75 Å². The molecule has 5 nitrogen and oxygen atoms in total. The van der Waals surface area contributed by atoms with Crippen molar-refractivity contribution in [1.29, 1.82) is 0 Å². The highest BCUT2D eigenvalue weighted by molar-refractivity contribution is 5.96. The van der Waals surface area contributed by atoms with E-state index in [9.17, 15) is 9.59 Å². The number of nitrogens with zero attached hydrogens (tertiary/aromatic N) is 2. The first-order chi connectivity index (χ1) is 9.45. The van der Waals surface area contributed by atoms with E-state index in [1.807, 2.05) is 24.3 Å². The monoisotopic (exact) mass is 276 g/mol. The van der Waals surface area contributed by atoms with E-state index in [2.05, 4.69) is 0 Å². The molecule has 2 rings (SSSR count). The van der Waals surface area contributed by atoms with Gasteiger partial charge in [-0.05, 0) is 31.5 Å². The van der Waals surface area contributed by atoms with E-state index in [0.29, 0.717) is 6.54 Å². The Balaban J connectivity index is 2.22. The zero-order valence-corrected chi connectivity index (χ0v) is 12.3. The number of piperazine rings is 1. The summed E-state index contributed by atoms with van der Waals surface area (Å²) in [6.45, 7) is 3.94. The summed E-state index contributed by atoms with van der Waals surface area (Å²) in [5.41, 5.74) is 0.953. The number of carbonyl (C=O) groups excluding carboxylic acids is 2.